The largest absolute Gasteiger partial charge is 0.497 e. The van der Waals surface area contributed by atoms with Crippen molar-refractivity contribution in [2.24, 2.45) is 5.10 Å². The average Bonchev–Trinajstić information content (AvgIpc) is 3.50. The van der Waals surface area contributed by atoms with E-state index in [0.717, 1.165) is 34.7 Å². The third kappa shape index (κ3) is 4.01. The monoisotopic (exact) mass is 475 g/mol. The van der Waals surface area contributed by atoms with Crippen LogP contribution in [-0.4, -0.2) is 36.3 Å². The topological polar surface area (TPSA) is 45.1 Å². The Hall–Kier alpha value is -4.12. The van der Waals surface area contributed by atoms with Gasteiger partial charge in [-0.25, -0.2) is 5.01 Å². The zero-order valence-electron chi connectivity index (χ0n) is 20.6. The predicted molar refractivity (Wildman–Crippen MR) is 145 cm³/mol. The van der Waals surface area contributed by atoms with Crippen LogP contribution in [-0.2, 0) is 11.2 Å². The Labute approximate surface area is 211 Å². The number of hydrogen-bond donors (Lipinski definition) is 0. The van der Waals surface area contributed by atoms with Crippen molar-refractivity contribution in [2.45, 2.75) is 31.8 Å². The summed E-state index contributed by atoms with van der Waals surface area (Å²) < 4.78 is 5.36. The maximum absolute atomic E-state index is 13.8. The van der Waals surface area contributed by atoms with Crippen LogP contribution in [0.2, 0.25) is 0 Å². The van der Waals surface area contributed by atoms with E-state index < -0.39 is 0 Å². The van der Waals surface area contributed by atoms with E-state index >= 15 is 0 Å². The minimum atomic E-state index is -0.155. The average molecular weight is 476 g/mol. The second kappa shape index (κ2) is 9.15. The SMILES string of the molecule is COc1ccc([C@@H]2CC(c3ccc4ccccc4c3)=NN2C(=O)CN2c3ccccc3C[C@H]2C)cc1. The van der Waals surface area contributed by atoms with Crippen LogP contribution in [0.1, 0.15) is 36.1 Å². The van der Waals surface area contributed by atoms with Crippen molar-refractivity contribution in [3.05, 3.63) is 108 Å². The van der Waals surface area contributed by atoms with Gasteiger partial charge in [0.1, 0.15) is 5.75 Å². The maximum atomic E-state index is 13.8. The van der Waals surface area contributed by atoms with Gasteiger partial charge in [-0.2, -0.15) is 5.10 Å². The first-order valence-electron chi connectivity index (χ1n) is 12.5. The lowest BCUT2D eigenvalue weighted by Crippen LogP contribution is -2.40. The van der Waals surface area contributed by atoms with E-state index in [1.165, 1.54) is 16.3 Å². The molecule has 2 heterocycles. The van der Waals surface area contributed by atoms with Crippen LogP contribution in [0.25, 0.3) is 10.8 Å². The molecule has 0 fully saturated rings. The van der Waals surface area contributed by atoms with Gasteiger partial charge in [-0.3, -0.25) is 4.79 Å². The zero-order chi connectivity index (χ0) is 24.6. The summed E-state index contributed by atoms with van der Waals surface area (Å²) in [5, 5.41) is 9.01. The molecule has 36 heavy (non-hydrogen) atoms. The first-order chi connectivity index (χ1) is 17.6. The zero-order valence-corrected chi connectivity index (χ0v) is 20.6. The molecule has 6 rings (SSSR count). The summed E-state index contributed by atoms with van der Waals surface area (Å²) in [7, 11) is 1.66. The van der Waals surface area contributed by atoms with Crippen LogP contribution in [0, 0.1) is 0 Å². The summed E-state index contributed by atoms with van der Waals surface area (Å²) in [5.41, 5.74) is 5.49. The molecule has 1 amide bonds. The van der Waals surface area contributed by atoms with Gasteiger partial charge < -0.3 is 9.64 Å². The number of amides is 1. The van der Waals surface area contributed by atoms with Crippen molar-refractivity contribution < 1.29 is 9.53 Å². The lowest BCUT2D eigenvalue weighted by Gasteiger charge is -2.28. The second-order valence-corrected chi connectivity index (χ2v) is 9.65. The molecule has 4 aromatic carbocycles. The minimum Gasteiger partial charge on any atom is -0.497 e. The van der Waals surface area contributed by atoms with Crippen LogP contribution in [0.4, 0.5) is 5.69 Å². The lowest BCUT2D eigenvalue weighted by molar-refractivity contribution is -0.131. The van der Waals surface area contributed by atoms with E-state index in [9.17, 15) is 4.79 Å². The fourth-order valence-electron chi connectivity index (χ4n) is 5.46. The molecule has 180 valence electrons. The smallest absolute Gasteiger partial charge is 0.262 e. The van der Waals surface area contributed by atoms with Gasteiger partial charge in [-0.1, -0.05) is 66.7 Å². The van der Waals surface area contributed by atoms with E-state index in [1.54, 1.807) is 12.1 Å². The molecule has 0 aliphatic carbocycles. The van der Waals surface area contributed by atoms with Crippen molar-refractivity contribution in [3.63, 3.8) is 0 Å². The molecule has 0 unspecified atom stereocenters. The molecule has 5 nitrogen and oxygen atoms in total. The Morgan fingerprint density at radius 1 is 0.917 bits per heavy atom. The van der Waals surface area contributed by atoms with Crippen LogP contribution < -0.4 is 9.64 Å². The van der Waals surface area contributed by atoms with Crippen LogP contribution in [0.5, 0.6) is 5.75 Å². The normalized spacial score (nSPS) is 18.9. The molecule has 0 radical (unpaired) electrons. The molecule has 2 aliphatic rings. The van der Waals surface area contributed by atoms with E-state index in [0.29, 0.717) is 13.0 Å². The van der Waals surface area contributed by atoms with Gasteiger partial charge in [0.05, 0.1) is 25.4 Å². The molecule has 4 aromatic rings. The number of hydrazone groups is 1. The summed E-state index contributed by atoms with van der Waals surface area (Å²) in [4.78, 5) is 16.0. The highest BCUT2D eigenvalue weighted by molar-refractivity contribution is 6.05. The number of para-hydroxylation sites is 1. The highest BCUT2D eigenvalue weighted by atomic mass is 16.5. The van der Waals surface area contributed by atoms with Crippen molar-refractivity contribution >= 4 is 28.1 Å². The van der Waals surface area contributed by atoms with Gasteiger partial charge in [0, 0.05) is 18.2 Å². The number of carbonyl (C=O) groups excluding carboxylic acids is 1. The van der Waals surface area contributed by atoms with Gasteiger partial charge in [0.15, 0.2) is 0 Å². The number of ether oxygens (including phenoxy) is 1. The number of nitrogens with zero attached hydrogens (tertiary/aromatic N) is 3. The summed E-state index contributed by atoms with van der Waals surface area (Å²) in [6, 6.07) is 31.2. The summed E-state index contributed by atoms with van der Waals surface area (Å²) in [5.74, 6) is 0.808. The van der Waals surface area contributed by atoms with Crippen molar-refractivity contribution in [1.29, 1.82) is 0 Å². The quantitative estimate of drug-likeness (QED) is 0.357. The minimum absolute atomic E-state index is 0.00941. The second-order valence-electron chi connectivity index (χ2n) is 9.65. The first kappa shape index (κ1) is 22.4. The lowest BCUT2D eigenvalue weighted by atomic mass is 9.97. The van der Waals surface area contributed by atoms with Crippen LogP contribution >= 0.6 is 0 Å². The number of methoxy groups -OCH3 is 1. The third-order valence-electron chi connectivity index (χ3n) is 7.40. The van der Waals surface area contributed by atoms with E-state index in [-0.39, 0.29) is 18.0 Å². The van der Waals surface area contributed by atoms with E-state index in [4.69, 9.17) is 9.84 Å². The maximum Gasteiger partial charge on any atom is 0.262 e. The number of benzene rings is 4. The highest BCUT2D eigenvalue weighted by Crippen LogP contribution is 2.36. The Bertz CT molecular complexity index is 1460. The van der Waals surface area contributed by atoms with Crippen LogP contribution in [0.3, 0.4) is 0 Å². The molecule has 2 aliphatic heterocycles. The molecular weight excluding hydrogens is 446 g/mol. The molecule has 0 spiro atoms. The van der Waals surface area contributed by atoms with Gasteiger partial charge in [0.25, 0.3) is 5.91 Å². The molecular formula is C31H29N3O2. The number of hydrogen-bond acceptors (Lipinski definition) is 4. The summed E-state index contributed by atoms with van der Waals surface area (Å²) >= 11 is 0. The molecule has 0 bridgehead atoms. The Morgan fingerprint density at radius 2 is 1.67 bits per heavy atom. The Kier molecular flexibility index (Phi) is 5.68. The highest BCUT2D eigenvalue weighted by Gasteiger charge is 2.36. The summed E-state index contributed by atoms with van der Waals surface area (Å²) in [6.07, 6.45) is 1.62. The van der Waals surface area contributed by atoms with Crippen molar-refractivity contribution in [2.75, 3.05) is 18.6 Å². The number of fused-ring (bicyclic) bond motifs is 2. The Balaban J connectivity index is 1.34. The standard InChI is InChI=1S/C31H29N3O2/c1-21-17-26-9-5-6-10-29(26)33(21)20-31(35)34-30(23-13-15-27(36-2)16-14-23)19-28(32-34)25-12-11-22-7-3-4-8-24(22)18-25/h3-16,18,21,30H,17,19-20H2,1-2H3/t21-,30+/m1/s1. The van der Waals surface area contributed by atoms with E-state index in [2.05, 4.69) is 60.4 Å². The first-order valence-corrected chi connectivity index (χ1v) is 12.5. The Morgan fingerprint density at radius 3 is 2.47 bits per heavy atom. The van der Waals surface area contributed by atoms with Gasteiger partial charge in [-0.05, 0) is 65.1 Å². The molecule has 0 N–H and O–H groups in total. The third-order valence-corrected chi connectivity index (χ3v) is 7.40. The molecule has 0 saturated heterocycles. The summed E-state index contributed by atoms with van der Waals surface area (Å²) in [6.45, 7) is 2.49. The van der Waals surface area contributed by atoms with E-state index in [1.807, 2.05) is 42.5 Å². The van der Waals surface area contributed by atoms with Crippen LogP contribution in [0.15, 0.2) is 96.1 Å². The molecule has 2 atom stereocenters. The van der Waals surface area contributed by atoms with Gasteiger partial charge >= 0.3 is 0 Å². The fraction of sp³-hybridized carbons (Fsp3) is 0.226. The number of carbonyl (C=O) groups is 1. The number of rotatable bonds is 5. The van der Waals surface area contributed by atoms with Gasteiger partial charge in [0.2, 0.25) is 0 Å². The molecule has 5 heteroatoms. The van der Waals surface area contributed by atoms with Gasteiger partial charge in [-0.15, -0.1) is 0 Å². The molecule has 0 aromatic heterocycles. The van der Waals surface area contributed by atoms with Crippen molar-refractivity contribution in [1.82, 2.24) is 5.01 Å². The fourth-order valence-corrected chi connectivity index (χ4v) is 5.46. The molecule has 0 saturated carbocycles. The van der Waals surface area contributed by atoms with Crippen molar-refractivity contribution in [3.8, 4) is 5.75 Å². The predicted octanol–water partition coefficient (Wildman–Crippen LogP) is 5.98. The number of anilines is 1.